The molecule has 0 aromatic heterocycles. The molecule has 0 unspecified atom stereocenters. The first-order valence-electron chi connectivity index (χ1n) is 13.7. The van der Waals surface area contributed by atoms with Gasteiger partial charge in [-0.1, -0.05) is 48.5 Å². The average molecular weight is 501 g/mol. The van der Waals surface area contributed by atoms with Crippen LogP contribution in [0.3, 0.4) is 0 Å². The van der Waals surface area contributed by atoms with Crippen molar-refractivity contribution in [1.82, 2.24) is 0 Å². The zero-order chi connectivity index (χ0) is 26.2. The van der Waals surface area contributed by atoms with Gasteiger partial charge in [0.25, 0.3) is 0 Å². The summed E-state index contributed by atoms with van der Waals surface area (Å²) in [6.45, 7) is 0. The fourth-order valence-corrected chi connectivity index (χ4v) is 9.34. The molecule has 4 aromatic rings. The predicted molar refractivity (Wildman–Crippen MR) is 158 cm³/mol. The summed E-state index contributed by atoms with van der Waals surface area (Å²) < 4.78 is 0. The summed E-state index contributed by atoms with van der Waals surface area (Å²) in [5, 5.41) is 0. The summed E-state index contributed by atoms with van der Waals surface area (Å²) in [5.74, 6) is 0. The molecule has 0 amide bonds. The minimum Gasteiger partial charge on any atom is -0.399 e. The molecule has 38 heavy (non-hydrogen) atoms. The molecule has 4 saturated carbocycles. The highest BCUT2D eigenvalue weighted by Gasteiger charge is 2.69. The van der Waals surface area contributed by atoms with E-state index in [4.69, 9.17) is 22.9 Å². The number of nitrogen functional groups attached to an aromatic ring is 4. The maximum atomic E-state index is 6.42. The lowest BCUT2D eigenvalue weighted by molar-refractivity contribution is -0.0691. The third-order valence-corrected chi connectivity index (χ3v) is 10.1. The summed E-state index contributed by atoms with van der Waals surface area (Å²) in [4.78, 5) is 0. The Hall–Kier alpha value is -3.92. The second-order valence-electron chi connectivity index (χ2n) is 12.7. The molecule has 4 aliphatic carbocycles. The number of benzene rings is 4. The van der Waals surface area contributed by atoms with E-state index in [1.165, 1.54) is 22.3 Å². The topological polar surface area (TPSA) is 104 Å². The lowest BCUT2D eigenvalue weighted by Crippen LogP contribution is -2.67. The van der Waals surface area contributed by atoms with E-state index in [9.17, 15) is 0 Å². The van der Waals surface area contributed by atoms with Crippen molar-refractivity contribution in [2.75, 3.05) is 22.9 Å². The van der Waals surface area contributed by atoms with Crippen LogP contribution in [0.2, 0.25) is 0 Å². The van der Waals surface area contributed by atoms with Crippen LogP contribution in [0.5, 0.6) is 0 Å². The van der Waals surface area contributed by atoms with Crippen LogP contribution in [-0.4, -0.2) is 0 Å². The van der Waals surface area contributed by atoms with Crippen molar-refractivity contribution in [1.29, 1.82) is 0 Å². The monoisotopic (exact) mass is 500 g/mol. The Morgan fingerprint density at radius 3 is 0.737 bits per heavy atom. The normalized spacial score (nSPS) is 31.4. The van der Waals surface area contributed by atoms with Crippen molar-refractivity contribution in [2.24, 2.45) is 0 Å². The third-order valence-electron chi connectivity index (χ3n) is 10.1. The minimum absolute atomic E-state index is 0.0378. The van der Waals surface area contributed by atoms with Crippen molar-refractivity contribution < 1.29 is 0 Å². The molecule has 8 N–H and O–H groups in total. The molecule has 192 valence electrons. The van der Waals surface area contributed by atoms with Crippen LogP contribution in [0.15, 0.2) is 97.1 Å². The Labute approximate surface area is 225 Å². The Kier molecular flexibility index (Phi) is 4.76. The number of nitrogens with two attached hydrogens (primary N) is 4. The number of rotatable bonds is 4. The van der Waals surface area contributed by atoms with Gasteiger partial charge in [-0.2, -0.15) is 0 Å². The number of hydrogen-bond acceptors (Lipinski definition) is 4. The first kappa shape index (κ1) is 23.2. The van der Waals surface area contributed by atoms with Gasteiger partial charge in [-0.25, -0.2) is 0 Å². The van der Waals surface area contributed by atoms with Crippen LogP contribution in [0, 0.1) is 0 Å². The van der Waals surface area contributed by atoms with Crippen LogP contribution < -0.4 is 22.9 Å². The van der Waals surface area contributed by atoms with Crippen LogP contribution in [0.4, 0.5) is 22.7 Å². The van der Waals surface area contributed by atoms with E-state index in [0.29, 0.717) is 0 Å². The zero-order valence-corrected chi connectivity index (χ0v) is 21.8. The molecule has 0 aliphatic heterocycles. The van der Waals surface area contributed by atoms with E-state index >= 15 is 0 Å². The maximum absolute atomic E-state index is 6.42. The van der Waals surface area contributed by atoms with Crippen molar-refractivity contribution in [2.45, 2.75) is 60.2 Å². The molecule has 4 bridgehead atoms. The summed E-state index contributed by atoms with van der Waals surface area (Å²) in [5.41, 5.74) is 34.2. The number of hydrogen-bond donors (Lipinski definition) is 4. The van der Waals surface area contributed by atoms with E-state index in [1.54, 1.807) is 0 Å². The van der Waals surface area contributed by atoms with E-state index in [-0.39, 0.29) is 21.7 Å². The van der Waals surface area contributed by atoms with Gasteiger partial charge in [0.15, 0.2) is 0 Å². The molecule has 0 atom stereocenters. The Morgan fingerprint density at radius 1 is 0.342 bits per heavy atom. The van der Waals surface area contributed by atoms with Gasteiger partial charge in [0, 0.05) is 22.7 Å². The van der Waals surface area contributed by atoms with Crippen LogP contribution in [0.1, 0.15) is 60.8 Å². The molecule has 0 heterocycles. The summed E-state index contributed by atoms with van der Waals surface area (Å²) >= 11 is 0. The van der Waals surface area contributed by atoms with Gasteiger partial charge in [-0.15, -0.1) is 0 Å². The summed E-state index contributed by atoms with van der Waals surface area (Å²) in [6.07, 6.45) is 6.51. The Bertz CT molecular complexity index is 1290. The molecule has 4 heteroatoms. The summed E-state index contributed by atoms with van der Waals surface area (Å²) in [6, 6.07) is 34.6. The molecule has 0 saturated heterocycles. The number of anilines is 4. The maximum Gasteiger partial charge on any atom is 0.0316 e. The predicted octanol–water partition coefficient (Wildman–Crippen LogP) is 6.45. The lowest BCUT2D eigenvalue weighted by atomic mass is 9.32. The quantitative estimate of drug-likeness (QED) is 0.242. The summed E-state index contributed by atoms with van der Waals surface area (Å²) in [7, 11) is 0. The molecule has 4 fully saturated rings. The zero-order valence-electron chi connectivity index (χ0n) is 21.8. The fourth-order valence-electron chi connectivity index (χ4n) is 9.34. The largest absolute Gasteiger partial charge is 0.399 e. The highest BCUT2D eigenvalue weighted by molar-refractivity contribution is 5.56. The van der Waals surface area contributed by atoms with Gasteiger partial charge < -0.3 is 22.9 Å². The van der Waals surface area contributed by atoms with Crippen molar-refractivity contribution in [3.63, 3.8) is 0 Å². The molecule has 8 rings (SSSR count). The smallest absolute Gasteiger partial charge is 0.0316 e. The highest BCUT2D eigenvalue weighted by Crippen LogP contribution is 2.75. The molecular weight excluding hydrogens is 464 g/mol. The van der Waals surface area contributed by atoms with Crippen molar-refractivity contribution in [3.05, 3.63) is 119 Å². The first-order valence-corrected chi connectivity index (χ1v) is 13.7. The molecule has 4 nitrogen and oxygen atoms in total. The van der Waals surface area contributed by atoms with Gasteiger partial charge in [0.05, 0.1) is 0 Å². The molecule has 4 aliphatic rings. The SMILES string of the molecule is Nc1cccc(C23CC4(c5cccc(N)c5)CC(c5cccc(N)c5)(C2)CC(c2cccc(N)c2)(C3)C4)c1. The van der Waals surface area contributed by atoms with E-state index in [0.717, 1.165) is 61.3 Å². The average Bonchev–Trinajstić information content (AvgIpc) is 2.88. The van der Waals surface area contributed by atoms with Crippen molar-refractivity contribution >= 4 is 22.7 Å². The van der Waals surface area contributed by atoms with Crippen molar-refractivity contribution in [3.8, 4) is 0 Å². The minimum atomic E-state index is -0.0378. The molecular formula is C34H36N4. The molecule has 0 radical (unpaired) electrons. The van der Waals surface area contributed by atoms with Gasteiger partial charge in [0.2, 0.25) is 0 Å². The molecule has 0 spiro atoms. The van der Waals surface area contributed by atoms with Gasteiger partial charge in [-0.3, -0.25) is 0 Å². The van der Waals surface area contributed by atoms with E-state index < -0.39 is 0 Å². The van der Waals surface area contributed by atoms with Gasteiger partial charge in [0.1, 0.15) is 0 Å². The fraction of sp³-hybridized carbons (Fsp3) is 0.294. The lowest BCUT2D eigenvalue weighted by Gasteiger charge is -2.71. The first-order chi connectivity index (χ1) is 18.2. The van der Waals surface area contributed by atoms with Crippen LogP contribution >= 0.6 is 0 Å². The van der Waals surface area contributed by atoms with E-state index in [2.05, 4.69) is 72.8 Å². The van der Waals surface area contributed by atoms with Crippen LogP contribution in [-0.2, 0) is 21.7 Å². The third kappa shape index (κ3) is 3.36. The Morgan fingerprint density at radius 2 is 0.553 bits per heavy atom. The highest BCUT2D eigenvalue weighted by atomic mass is 14.7. The standard InChI is InChI=1S/C34H36N4/c35-27-9-1-5-23(13-27)31-17-32(24-6-2-10-28(36)14-24)20-33(18-31,25-7-3-11-29(37)15-25)22-34(19-31,21-32)26-8-4-12-30(38)16-26/h1-16H,17-22,35-38H2. The molecule has 4 aromatic carbocycles. The second kappa shape index (κ2) is 7.80. The second-order valence-corrected chi connectivity index (χ2v) is 12.7. The van der Waals surface area contributed by atoms with Gasteiger partial charge >= 0.3 is 0 Å². The van der Waals surface area contributed by atoms with E-state index in [1.807, 2.05) is 24.3 Å². The van der Waals surface area contributed by atoms with Gasteiger partial charge in [-0.05, 0) is 131 Å². The van der Waals surface area contributed by atoms with Crippen LogP contribution in [0.25, 0.3) is 0 Å². The Balaban J connectivity index is 1.54.